The zero-order valence-electron chi connectivity index (χ0n) is 15.3. The summed E-state index contributed by atoms with van der Waals surface area (Å²) in [5.41, 5.74) is 0. The lowest BCUT2D eigenvalue weighted by Gasteiger charge is -2.03. The van der Waals surface area contributed by atoms with Gasteiger partial charge in [-0.3, -0.25) is 0 Å². The summed E-state index contributed by atoms with van der Waals surface area (Å²) >= 11 is 0. The normalized spacial score (nSPS) is 11.8. The van der Waals surface area contributed by atoms with Crippen LogP contribution in [0.5, 0.6) is 0 Å². The van der Waals surface area contributed by atoms with Crippen molar-refractivity contribution in [2.45, 2.75) is 117 Å². The monoisotopic (exact) mass is 294 g/mol. The molecule has 0 N–H and O–H groups in total. The molecule has 0 unspecified atom stereocenters. The van der Waals surface area contributed by atoms with Crippen molar-refractivity contribution in [3.63, 3.8) is 0 Å². The Bertz CT molecular complexity index is 202. The second kappa shape index (κ2) is 17.8. The molecule has 0 aliphatic rings. The van der Waals surface area contributed by atoms with E-state index in [4.69, 9.17) is 0 Å². The average molecular weight is 295 g/mol. The lowest BCUT2D eigenvalue weighted by Crippen LogP contribution is -1.86. The van der Waals surface area contributed by atoms with Gasteiger partial charge in [0.2, 0.25) is 0 Å². The molecule has 0 aromatic heterocycles. The van der Waals surface area contributed by atoms with Gasteiger partial charge in [-0.2, -0.15) is 0 Å². The second-order valence-corrected chi connectivity index (χ2v) is 7.12. The lowest BCUT2D eigenvalue weighted by molar-refractivity contribution is 0.521. The molecule has 0 rings (SSSR count). The van der Waals surface area contributed by atoms with Crippen molar-refractivity contribution in [3.05, 3.63) is 12.2 Å². The second-order valence-electron chi connectivity index (χ2n) is 7.12. The molecular weight excluding hydrogens is 252 g/mol. The summed E-state index contributed by atoms with van der Waals surface area (Å²) in [5.74, 6) is 0.886. The first-order valence-electron chi connectivity index (χ1n) is 9.92. The van der Waals surface area contributed by atoms with Crippen molar-refractivity contribution < 1.29 is 0 Å². The molecular formula is C21H42. The third-order valence-electron chi connectivity index (χ3n) is 4.29. The SMILES string of the molecule is CCCCCCCCCC/C=C/CCCCCCC(C)C. The maximum Gasteiger partial charge on any atom is -0.0351 e. The van der Waals surface area contributed by atoms with Crippen molar-refractivity contribution >= 4 is 0 Å². The lowest BCUT2D eigenvalue weighted by atomic mass is 10.0. The molecule has 0 amide bonds. The van der Waals surface area contributed by atoms with Crippen molar-refractivity contribution in [3.8, 4) is 0 Å². The molecule has 0 bridgehead atoms. The first-order valence-corrected chi connectivity index (χ1v) is 9.92. The first kappa shape index (κ1) is 20.7. The zero-order valence-corrected chi connectivity index (χ0v) is 15.3. The van der Waals surface area contributed by atoms with Gasteiger partial charge in [-0.05, 0) is 31.6 Å². The fourth-order valence-corrected chi connectivity index (χ4v) is 2.80. The topological polar surface area (TPSA) is 0 Å². The van der Waals surface area contributed by atoms with E-state index >= 15 is 0 Å². The van der Waals surface area contributed by atoms with Crippen LogP contribution in [-0.2, 0) is 0 Å². The Hall–Kier alpha value is -0.260. The van der Waals surface area contributed by atoms with E-state index in [0.717, 1.165) is 5.92 Å². The summed E-state index contributed by atoms with van der Waals surface area (Å²) in [7, 11) is 0. The molecule has 0 saturated carbocycles. The summed E-state index contributed by atoms with van der Waals surface area (Å²) < 4.78 is 0. The molecule has 0 aliphatic heterocycles. The highest BCUT2D eigenvalue weighted by Crippen LogP contribution is 2.12. The number of unbranched alkanes of at least 4 members (excludes halogenated alkanes) is 12. The number of hydrogen-bond acceptors (Lipinski definition) is 0. The molecule has 0 nitrogen and oxygen atoms in total. The first-order chi connectivity index (χ1) is 10.3. The molecule has 0 spiro atoms. The van der Waals surface area contributed by atoms with Crippen LogP contribution in [0.3, 0.4) is 0 Å². The zero-order chi connectivity index (χ0) is 15.6. The minimum absolute atomic E-state index is 0.886. The fraction of sp³-hybridized carbons (Fsp3) is 0.905. The van der Waals surface area contributed by atoms with Crippen molar-refractivity contribution in [1.29, 1.82) is 0 Å². The van der Waals surface area contributed by atoms with Crippen LogP contribution in [0.4, 0.5) is 0 Å². The van der Waals surface area contributed by atoms with Crippen molar-refractivity contribution in [1.82, 2.24) is 0 Å². The van der Waals surface area contributed by atoms with Crippen LogP contribution in [0, 0.1) is 5.92 Å². The summed E-state index contributed by atoms with van der Waals surface area (Å²) in [6.07, 6.45) is 26.0. The largest absolute Gasteiger partial charge is 0.0885 e. The van der Waals surface area contributed by atoms with Gasteiger partial charge in [-0.25, -0.2) is 0 Å². The van der Waals surface area contributed by atoms with Crippen LogP contribution in [0.15, 0.2) is 12.2 Å². The van der Waals surface area contributed by atoms with Gasteiger partial charge in [-0.1, -0.05) is 104 Å². The molecule has 0 aliphatic carbocycles. The highest BCUT2D eigenvalue weighted by Gasteiger charge is 1.94. The van der Waals surface area contributed by atoms with Gasteiger partial charge in [0.25, 0.3) is 0 Å². The molecule has 21 heavy (non-hydrogen) atoms. The predicted octanol–water partition coefficient (Wildman–Crippen LogP) is 8.07. The fourth-order valence-electron chi connectivity index (χ4n) is 2.80. The molecule has 0 heteroatoms. The van der Waals surface area contributed by atoms with Crippen LogP contribution < -0.4 is 0 Å². The van der Waals surface area contributed by atoms with Crippen molar-refractivity contribution in [2.75, 3.05) is 0 Å². The highest BCUT2D eigenvalue weighted by molar-refractivity contribution is 4.81. The maximum absolute atomic E-state index is 2.42. The Kier molecular flexibility index (Phi) is 17.6. The van der Waals surface area contributed by atoms with E-state index in [0.29, 0.717) is 0 Å². The molecule has 0 atom stereocenters. The highest BCUT2D eigenvalue weighted by atomic mass is 14.0. The Morgan fingerprint density at radius 2 is 1.00 bits per heavy atom. The molecule has 0 aromatic rings. The Labute approximate surface area is 135 Å². The van der Waals surface area contributed by atoms with Crippen LogP contribution in [0.2, 0.25) is 0 Å². The molecule has 0 fully saturated rings. The van der Waals surface area contributed by atoms with E-state index in [1.165, 1.54) is 96.3 Å². The molecule has 0 heterocycles. The minimum Gasteiger partial charge on any atom is -0.0885 e. The maximum atomic E-state index is 2.42. The summed E-state index contributed by atoms with van der Waals surface area (Å²) in [4.78, 5) is 0. The Morgan fingerprint density at radius 1 is 0.571 bits per heavy atom. The van der Waals surface area contributed by atoms with Crippen LogP contribution in [-0.4, -0.2) is 0 Å². The average Bonchev–Trinajstić information content (AvgIpc) is 2.46. The van der Waals surface area contributed by atoms with E-state index in [9.17, 15) is 0 Å². The number of rotatable bonds is 16. The van der Waals surface area contributed by atoms with Crippen LogP contribution >= 0.6 is 0 Å². The predicted molar refractivity (Wildman–Crippen MR) is 98.9 cm³/mol. The van der Waals surface area contributed by atoms with E-state index in [1.807, 2.05) is 0 Å². The van der Waals surface area contributed by atoms with E-state index in [2.05, 4.69) is 32.9 Å². The summed E-state index contributed by atoms with van der Waals surface area (Å²) in [6, 6.07) is 0. The third-order valence-corrected chi connectivity index (χ3v) is 4.29. The van der Waals surface area contributed by atoms with Gasteiger partial charge in [0.1, 0.15) is 0 Å². The van der Waals surface area contributed by atoms with E-state index in [1.54, 1.807) is 0 Å². The third kappa shape index (κ3) is 19.7. The van der Waals surface area contributed by atoms with Gasteiger partial charge in [0.15, 0.2) is 0 Å². The quantitative estimate of drug-likeness (QED) is 0.199. The minimum atomic E-state index is 0.886. The van der Waals surface area contributed by atoms with Crippen molar-refractivity contribution in [2.24, 2.45) is 5.92 Å². The van der Waals surface area contributed by atoms with Gasteiger partial charge in [0.05, 0.1) is 0 Å². The van der Waals surface area contributed by atoms with Crippen LogP contribution in [0.25, 0.3) is 0 Å². The Balaban J connectivity index is 3.05. The van der Waals surface area contributed by atoms with Gasteiger partial charge in [0, 0.05) is 0 Å². The standard InChI is InChI=1S/C21H42/c1-4-5-6-7-8-9-10-11-12-13-14-15-16-17-18-19-20-21(2)3/h13-14,21H,4-12,15-20H2,1-3H3/b14-13+. The Morgan fingerprint density at radius 3 is 1.48 bits per heavy atom. The number of hydrogen-bond donors (Lipinski definition) is 0. The number of allylic oxidation sites excluding steroid dienone is 2. The van der Waals surface area contributed by atoms with E-state index < -0.39 is 0 Å². The molecule has 126 valence electrons. The summed E-state index contributed by atoms with van der Waals surface area (Å²) in [5, 5.41) is 0. The van der Waals surface area contributed by atoms with Gasteiger partial charge < -0.3 is 0 Å². The summed E-state index contributed by atoms with van der Waals surface area (Å²) in [6.45, 7) is 6.94. The van der Waals surface area contributed by atoms with E-state index in [-0.39, 0.29) is 0 Å². The smallest absolute Gasteiger partial charge is 0.0351 e. The van der Waals surface area contributed by atoms with Gasteiger partial charge >= 0.3 is 0 Å². The molecule has 0 radical (unpaired) electrons. The molecule has 0 aromatic carbocycles. The molecule has 0 saturated heterocycles. The van der Waals surface area contributed by atoms with Crippen LogP contribution in [0.1, 0.15) is 117 Å². The van der Waals surface area contributed by atoms with Gasteiger partial charge in [-0.15, -0.1) is 0 Å².